The van der Waals surface area contributed by atoms with Crippen LogP contribution >= 0.6 is 0 Å². The van der Waals surface area contributed by atoms with Gasteiger partial charge in [-0.1, -0.05) is 25.8 Å². The van der Waals surface area contributed by atoms with Gasteiger partial charge >= 0.3 is 0 Å². The first-order valence-electron chi connectivity index (χ1n) is 9.74. The van der Waals surface area contributed by atoms with Gasteiger partial charge in [-0.05, 0) is 73.5 Å². The average molecular weight is 346 g/mol. The molecule has 4 nitrogen and oxygen atoms in total. The molecule has 0 bridgehead atoms. The summed E-state index contributed by atoms with van der Waals surface area (Å²) in [6, 6.07) is 0. The number of Topliss-reactive ketones (excluding diaryl/α,β-unsaturated/α-hetero) is 1. The molecule has 3 aliphatic carbocycles. The summed E-state index contributed by atoms with van der Waals surface area (Å²) < 4.78 is 0. The Morgan fingerprint density at radius 2 is 2.04 bits per heavy atom. The maximum absolute atomic E-state index is 12.1. The van der Waals surface area contributed by atoms with E-state index in [2.05, 4.69) is 6.92 Å². The molecule has 3 rings (SSSR count). The van der Waals surface area contributed by atoms with Crippen LogP contribution in [0.4, 0.5) is 0 Å². The van der Waals surface area contributed by atoms with Gasteiger partial charge < -0.3 is 10.2 Å². The quantitative estimate of drug-likeness (QED) is 0.802. The lowest BCUT2D eigenvalue weighted by molar-refractivity contribution is -0.144. The normalized spacial score (nSPS) is 35.6. The summed E-state index contributed by atoms with van der Waals surface area (Å²) in [4.78, 5) is 23.9. The van der Waals surface area contributed by atoms with Crippen molar-refractivity contribution >= 4 is 11.6 Å². The summed E-state index contributed by atoms with van der Waals surface area (Å²) in [7, 11) is 0. The number of hydrogen-bond donors (Lipinski definition) is 2. The van der Waals surface area contributed by atoms with E-state index >= 15 is 0 Å². The predicted molar refractivity (Wildman–Crippen MR) is 95.9 cm³/mol. The molecule has 0 aliphatic heterocycles. The lowest BCUT2D eigenvalue weighted by Gasteiger charge is -2.38. The van der Waals surface area contributed by atoms with Crippen molar-refractivity contribution in [2.24, 2.45) is 17.8 Å². The molecule has 1 fully saturated rings. The van der Waals surface area contributed by atoms with Gasteiger partial charge in [0, 0.05) is 6.42 Å². The number of carbonyl (C=O) groups excluding carboxylic acids is 2. The summed E-state index contributed by atoms with van der Waals surface area (Å²) in [5, 5.41) is 20.1. The molecule has 0 aromatic heterocycles. The Bertz CT molecular complexity index is 630. The molecule has 25 heavy (non-hydrogen) atoms. The third kappa shape index (κ3) is 3.15. The van der Waals surface area contributed by atoms with Crippen molar-refractivity contribution in [1.29, 1.82) is 0 Å². The molecule has 2 N–H and O–H groups in total. The van der Waals surface area contributed by atoms with Crippen LogP contribution in [0.1, 0.15) is 65.2 Å². The van der Waals surface area contributed by atoms with E-state index in [1.165, 1.54) is 16.7 Å². The second-order valence-electron chi connectivity index (χ2n) is 8.03. The molecule has 4 atom stereocenters. The highest BCUT2D eigenvalue weighted by atomic mass is 16.3. The van der Waals surface area contributed by atoms with E-state index in [0.717, 1.165) is 38.5 Å². The van der Waals surface area contributed by atoms with E-state index < -0.39 is 18.0 Å². The maximum Gasteiger partial charge on any atom is 0.189 e. The number of aliphatic hydroxyl groups excluding tert-OH is 1. The first kappa shape index (κ1) is 18.5. The van der Waals surface area contributed by atoms with Crippen molar-refractivity contribution in [2.75, 3.05) is 6.61 Å². The molecular weight excluding hydrogens is 316 g/mol. The molecule has 0 saturated heterocycles. The van der Waals surface area contributed by atoms with E-state index in [0.29, 0.717) is 18.8 Å². The Morgan fingerprint density at radius 1 is 1.28 bits per heavy atom. The van der Waals surface area contributed by atoms with Crippen molar-refractivity contribution in [2.45, 2.75) is 70.8 Å². The maximum atomic E-state index is 12.1. The van der Waals surface area contributed by atoms with E-state index in [-0.39, 0.29) is 17.6 Å². The van der Waals surface area contributed by atoms with Crippen molar-refractivity contribution in [3.8, 4) is 0 Å². The molecule has 4 heteroatoms. The minimum atomic E-state index is -1.37. The Balaban J connectivity index is 1.92. The highest BCUT2D eigenvalue weighted by molar-refractivity contribution is 5.93. The minimum Gasteiger partial charge on any atom is -0.388 e. The molecule has 0 heterocycles. The zero-order valence-electron chi connectivity index (χ0n) is 15.4. The molecule has 0 amide bonds. The molecular formula is C21H30O4. The topological polar surface area (TPSA) is 74.6 Å². The van der Waals surface area contributed by atoms with Crippen LogP contribution in [-0.4, -0.2) is 34.0 Å². The van der Waals surface area contributed by atoms with Crippen LogP contribution in [0.15, 0.2) is 22.8 Å². The van der Waals surface area contributed by atoms with Gasteiger partial charge in [-0.3, -0.25) is 9.59 Å². The standard InChI is InChI=1S/C21H30O4/c1-3-4-18-17-8-6-15(23)11-14(17)5-7-19(18)16-9-10-21(25,13(16)2)20(24)12-22/h11,13,16,19,22,25H,3-10,12H2,1-2H3/t13-,16?,19?,21-/m1/s1. The number of fused-ring (bicyclic) bond motifs is 1. The van der Waals surface area contributed by atoms with Gasteiger partial charge in [-0.15, -0.1) is 0 Å². The third-order valence-electron chi connectivity index (χ3n) is 6.82. The fourth-order valence-electron chi connectivity index (χ4n) is 5.44. The summed E-state index contributed by atoms with van der Waals surface area (Å²) in [5.41, 5.74) is 2.70. The zero-order valence-corrected chi connectivity index (χ0v) is 15.4. The van der Waals surface area contributed by atoms with Gasteiger partial charge in [0.25, 0.3) is 0 Å². The summed E-state index contributed by atoms with van der Waals surface area (Å²) in [5.74, 6) is 0.321. The molecule has 138 valence electrons. The molecule has 2 unspecified atom stereocenters. The predicted octanol–water partition coefficient (Wildman–Crippen LogP) is 3.12. The lowest BCUT2D eigenvalue weighted by Crippen LogP contribution is -2.45. The van der Waals surface area contributed by atoms with Crippen molar-refractivity contribution < 1.29 is 19.8 Å². The Kier molecular flexibility index (Phi) is 5.31. The van der Waals surface area contributed by atoms with E-state index in [4.69, 9.17) is 0 Å². The highest BCUT2D eigenvalue weighted by Crippen LogP contribution is 2.52. The van der Waals surface area contributed by atoms with Crippen molar-refractivity contribution in [1.82, 2.24) is 0 Å². The van der Waals surface area contributed by atoms with Crippen LogP contribution in [0.25, 0.3) is 0 Å². The Morgan fingerprint density at radius 3 is 2.72 bits per heavy atom. The second kappa shape index (κ2) is 7.16. The average Bonchev–Trinajstić information content (AvgIpc) is 2.91. The fraction of sp³-hybridized carbons (Fsp3) is 0.714. The van der Waals surface area contributed by atoms with E-state index in [1.54, 1.807) is 0 Å². The van der Waals surface area contributed by atoms with E-state index in [1.807, 2.05) is 13.0 Å². The number of carbonyl (C=O) groups is 2. The first-order chi connectivity index (χ1) is 11.9. The SMILES string of the molecule is CCCC1=C2CCC(=O)C=C2CCC1C1CC[C@](O)(C(=O)CO)[C@@H]1C. The fourth-order valence-corrected chi connectivity index (χ4v) is 5.44. The van der Waals surface area contributed by atoms with Gasteiger partial charge in [0.15, 0.2) is 11.6 Å². The monoisotopic (exact) mass is 346 g/mol. The smallest absolute Gasteiger partial charge is 0.189 e. The van der Waals surface area contributed by atoms with Gasteiger partial charge in [-0.25, -0.2) is 0 Å². The van der Waals surface area contributed by atoms with Crippen LogP contribution in [0.5, 0.6) is 0 Å². The first-order valence-corrected chi connectivity index (χ1v) is 9.74. The van der Waals surface area contributed by atoms with Gasteiger partial charge in [0.05, 0.1) is 0 Å². The van der Waals surface area contributed by atoms with Crippen LogP contribution in [0.2, 0.25) is 0 Å². The molecule has 0 aromatic rings. The second-order valence-corrected chi connectivity index (χ2v) is 8.03. The van der Waals surface area contributed by atoms with Crippen LogP contribution in [0, 0.1) is 17.8 Å². The van der Waals surface area contributed by atoms with Gasteiger partial charge in [0.2, 0.25) is 0 Å². The number of rotatable bonds is 5. The Hall–Kier alpha value is -1.26. The highest BCUT2D eigenvalue weighted by Gasteiger charge is 2.52. The zero-order chi connectivity index (χ0) is 18.2. The van der Waals surface area contributed by atoms with Gasteiger partial charge in [0.1, 0.15) is 12.2 Å². The number of ketones is 2. The Labute approximate surface area is 150 Å². The number of allylic oxidation sites excluding steroid dienone is 4. The molecule has 0 aromatic carbocycles. The van der Waals surface area contributed by atoms with Crippen LogP contribution in [-0.2, 0) is 9.59 Å². The third-order valence-corrected chi connectivity index (χ3v) is 6.82. The van der Waals surface area contributed by atoms with E-state index in [9.17, 15) is 19.8 Å². The summed E-state index contributed by atoms with van der Waals surface area (Å²) in [6.45, 7) is 3.56. The van der Waals surface area contributed by atoms with Crippen molar-refractivity contribution in [3.63, 3.8) is 0 Å². The van der Waals surface area contributed by atoms with Gasteiger partial charge in [-0.2, -0.15) is 0 Å². The van der Waals surface area contributed by atoms with Crippen LogP contribution < -0.4 is 0 Å². The molecule has 0 spiro atoms. The minimum absolute atomic E-state index is 0.139. The van der Waals surface area contributed by atoms with Crippen molar-refractivity contribution in [3.05, 3.63) is 22.8 Å². The molecule has 0 radical (unpaired) electrons. The molecule has 3 aliphatic rings. The largest absolute Gasteiger partial charge is 0.388 e. The summed E-state index contributed by atoms with van der Waals surface area (Å²) >= 11 is 0. The number of hydrogen-bond acceptors (Lipinski definition) is 4. The lowest BCUT2D eigenvalue weighted by atomic mass is 9.67. The number of aliphatic hydroxyl groups is 2. The molecule has 1 saturated carbocycles. The van der Waals surface area contributed by atoms with Crippen LogP contribution in [0.3, 0.4) is 0 Å². The summed E-state index contributed by atoms with van der Waals surface area (Å²) in [6.07, 6.45) is 8.58.